The number of benzene rings is 1. The van der Waals surface area contributed by atoms with E-state index in [1.807, 2.05) is 29.8 Å². The van der Waals surface area contributed by atoms with E-state index in [9.17, 15) is 0 Å². The number of hydrogen-bond donors (Lipinski definition) is 0. The normalized spacial score (nSPS) is 18.6. The van der Waals surface area contributed by atoms with Gasteiger partial charge < -0.3 is 19.1 Å². The summed E-state index contributed by atoms with van der Waals surface area (Å²) >= 11 is 0. The van der Waals surface area contributed by atoms with Crippen LogP contribution >= 0.6 is 0 Å². The smallest absolute Gasteiger partial charge is 0.231 e. The van der Waals surface area contributed by atoms with Crippen molar-refractivity contribution in [1.29, 1.82) is 0 Å². The van der Waals surface area contributed by atoms with Gasteiger partial charge in [-0.3, -0.25) is 0 Å². The largest absolute Gasteiger partial charge is 0.483 e. The number of aromatic nitrogens is 3. The Morgan fingerprint density at radius 3 is 2.78 bits per heavy atom. The van der Waals surface area contributed by atoms with Gasteiger partial charge in [0.2, 0.25) is 6.79 Å². The van der Waals surface area contributed by atoms with Gasteiger partial charge in [0.15, 0.2) is 29.3 Å². The molecule has 1 saturated heterocycles. The van der Waals surface area contributed by atoms with E-state index in [2.05, 4.69) is 18.9 Å². The number of likely N-dealkylation sites (tertiary alicyclic amines) is 1. The first-order valence-electron chi connectivity index (χ1n) is 9.81. The Hall–Kier alpha value is -2.28. The highest BCUT2D eigenvalue weighted by molar-refractivity contribution is 5.46. The van der Waals surface area contributed by atoms with Gasteiger partial charge in [-0.25, -0.2) is 9.67 Å². The standard InChI is InChI=1S/C20H28N4O3/c1-4-24-20(21-19(22-24)11-15-7-9-23(3)10-8-15)14(2)27-16-5-6-17-18(12-16)26-13-25-17/h5-6,12,14-15H,4,7-11,13H2,1-3H3/t14-/m1/s1. The monoisotopic (exact) mass is 372 g/mol. The number of fused-ring (bicyclic) bond motifs is 1. The Morgan fingerprint density at radius 2 is 2.00 bits per heavy atom. The maximum absolute atomic E-state index is 6.12. The lowest BCUT2D eigenvalue weighted by Gasteiger charge is -2.28. The van der Waals surface area contributed by atoms with Gasteiger partial charge in [-0.2, -0.15) is 5.10 Å². The Balaban J connectivity index is 1.45. The molecule has 7 nitrogen and oxygen atoms in total. The number of rotatable bonds is 6. The molecule has 4 rings (SSSR count). The van der Waals surface area contributed by atoms with E-state index in [0.717, 1.165) is 55.0 Å². The third kappa shape index (κ3) is 4.03. The van der Waals surface area contributed by atoms with Crippen molar-refractivity contribution in [3.63, 3.8) is 0 Å². The zero-order valence-corrected chi connectivity index (χ0v) is 16.4. The van der Waals surface area contributed by atoms with Crippen molar-refractivity contribution in [3.8, 4) is 17.2 Å². The van der Waals surface area contributed by atoms with Gasteiger partial charge in [-0.05, 0) is 64.9 Å². The lowest BCUT2D eigenvalue weighted by Crippen LogP contribution is -2.31. The van der Waals surface area contributed by atoms with Gasteiger partial charge in [0.25, 0.3) is 0 Å². The second kappa shape index (κ2) is 7.76. The third-order valence-electron chi connectivity index (χ3n) is 5.37. The van der Waals surface area contributed by atoms with Gasteiger partial charge in [0, 0.05) is 19.0 Å². The van der Waals surface area contributed by atoms with Crippen molar-refractivity contribution < 1.29 is 14.2 Å². The van der Waals surface area contributed by atoms with Crippen LogP contribution in [0.25, 0.3) is 0 Å². The van der Waals surface area contributed by atoms with Gasteiger partial charge in [0.05, 0.1) is 0 Å². The third-order valence-corrected chi connectivity index (χ3v) is 5.37. The maximum Gasteiger partial charge on any atom is 0.231 e. The van der Waals surface area contributed by atoms with Crippen LogP contribution in [0.4, 0.5) is 0 Å². The summed E-state index contributed by atoms with van der Waals surface area (Å²) in [6, 6.07) is 5.64. The average Bonchev–Trinajstić information content (AvgIpc) is 3.29. The first kappa shape index (κ1) is 18.1. The van der Waals surface area contributed by atoms with E-state index in [-0.39, 0.29) is 12.9 Å². The number of nitrogens with zero attached hydrogens (tertiary/aromatic N) is 4. The Morgan fingerprint density at radius 1 is 1.22 bits per heavy atom. The van der Waals surface area contributed by atoms with E-state index >= 15 is 0 Å². The minimum absolute atomic E-state index is 0.191. The van der Waals surface area contributed by atoms with E-state index in [4.69, 9.17) is 24.3 Å². The first-order chi connectivity index (χ1) is 13.1. The minimum atomic E-state index is -0.191. The highest BCUT2D eigenvalue weighted by atomic mass is 16.7. The summed E-state index contributed by atoms with van der Waals surface area (Å²) in [4.78, 5) is 7.21. The van der Waals surface area contributed by atoms with Crippen LogP contribution < -0.4 is 14.2 Å². The van der Waals surface area contributed by atoms with Crippen LogP contribution in [0.5, 0.6) is 17.2 Å². The molecule has 2 aliphatic heterocycles. The molecule has 2 aliphatic rings. The zero-order valence-electron chi connectivity index (χ0n) is 16.4. The first-order valence-corrected chi connectivity index (χ1v) is 9.81. The molecule has 2 aromatic rings. The summed E-state index contributed by atoms with van der Waals surface area (Å²) in [6.45, 7) is 7.47. The van der Waals surface area contributed by atoms with Crippen molar-refractivity contribution in [2.75, 3.05) is 26.9 Å². The molecule has 1 aromatic carbocycles. The predicted molar refractivity (Wildman–Crippen MR) is 101 cm³/mol. The summed E-state index contributed by atoms with van der Waals surface area (Å²) in [5.74, 6) is 4.70. The summed E-state index contributed by atoms with van der Waals surface area (Å²) in [7, 11) is 2.19. The fraction of sp³-hybridized carbons (Fsp3) is 0.600. The molecule has 1 aromatic heterocycles. The van der Waals surface area contributed by atoms with Crippen molar-refractivity contribution >= 4 is 0 Å². The fourth-order valence-corrected chi connectivity index (χ4v) is 3.75. The molecule has 0 N–H and O–H groups in total. The average molecular weight is 372 g/mol. The molecule has 0 saturated carbocycles. The van der Waals surface area contributed by atoms with Crippen LogP contribution in [0.2, 0.25) is 0 Å². The van der Waals surface area contributed by atoms with Crippen molar-refractivity contribution in [2.45, 2.75) is 45.8 Å². The molecule has 0 aliphatic carbocycles. The van der Waals surface area contributed by atoms with Crippen LogP contribution in [0, 0.1) is 5.92 Å². The number of piperidine rings is 1. The molecule has 7 heteroatoms. The Kier molecular flexibility index (Phi) is 5.20. The van der Waals surface area contributed by atoms with Crippen LogP contribution in [0.1, 0.15) is 44.4 Å². The van der Waals surface area contributed by atoms with E-state index in [1.165, 1.54) is 12.8 Å². The van der Waals surface area contributed by atoms with Crippen LogP contribution in [-0.4, -0.2) is 46.6 Å². The predicted octanol–water partition coefficient (Wildman–Crippen LogP) is 3.05. The molecule has 1 fully saturated rings. The second-order valence-corrected chi connectivity index (χ2v) is 7.43. The van der Waals surface area contributed by atoms with Crippen molar-refractivity contribution in [3.05, 3.63) is 29.8 Å². The summed E-state index contributed by atoms with van der Waals surface area (Å²) < 4.78 is 18.9. The highest BCUT2D eigenvalue weighted by Crippen LogP contribution is 2.36. The van der Waals surface area contributed by atoms with Gasteiger partial charge in [0.1, 0.15) is 5.75 Å². The number of ether oxygens (including phenoxy) is 3. The van der Waals surface area contributed by atoms with Crippen molar-refractivity contribution in [2.24, 2.45) is 5.92 Å². The van der Waals surface area contributed by atoms with Gasteiger partial charge >= 0.3 is 0 Å². The molecule has 146 valence electrons. The molecule has 0 spiro atoms. The minimum Gasteiger partial charge on any atom is -0.483 e. The van der Waals surface area contributed by atoms with E-state index < -0.39 is 0 Å². The van der Waals surface area contributed by atoms with Crippen LogP contribution in [0.3, 0.4) is 0 Å². The van der Waals surface area contributed by atoms with E-state index in [0.29, 0.717) is 5.92 Å². The molecule has 1 atom stereocenters. The van der Waals surface area contributed by atoms with E-state index in [1.54, 1.807) is 0 Å². The fourth-order valence-electron chi connectivity index (χ4n) is 3.75. The Bertz CT molecular complexity index is 784. The van der Waals surface area contributed by atoms with Crippen LogP contribution in [0.15, 0.2) is 18.2 Å². The second-order valence-electron chi connectivity index (χ2n) is 7.43. The molecule has 0 radical (unpaired) electrons. The molecule has 0 unspecified atom stereocenters. The quantitative estimate of drug-likeness (QED) is 0.777. The SMILES string of the molecule is CCn1nc(CC2CCN(C)CC2)nc1[C@@H](C)Oc1ccc2c(c1)OCO2. The zero-order chi connectivity index (χ0) is 18.8. The summed E-state index contributed by atoms with van der Waals surface area (Å²) in [5, 5.41) is 4.73. The van der Waals surface area contributed by atoms with Crippen molar-refractivity contribution in [1.82, 2.24) is 19.7 Å². The van der Waals surface area contributed by atoms with Gasteiger partial charge in [-0.1, -0.05) is 0 Å². The molecular weight excluding hydrogens is 344 g/mol. The molecular formula is C20H28N4O3. The molecule has 27 heavy (non-hydrogen) atoms. The molecule has 0 bridgehead atoms. The molecule has 3 heterocycles. The highest BCUT2D eigenvalue weighted by Gasteiger charge is 2.23. The lowest BCUT2D eigenvalue weighted by molar-refractivity contribution is 0.173. The number of aryl methyl sites for hydroxylation is 1. The lowest BCUT2D eigenvalue weighted by atomic mass is 9.94. The summed E-state index contributed by atoms with van der Waals surface area (Å²) in [6.07, 6.45) is 3.19. The summed E-state index contributed by atoms with van der Waals surface area (Å²) in [5.41, 5.74) is 0. The molecule has 0 amide bonds. The maximum atomic E-state index is 6.12. The van der Waals surface area contributed by atoms with Crippen LogP contribution in [-0.2, 0) is 13.0 Å². The number of hydrogen-bond acceptors (Lipinski definition) is 6. The topological polar surface area (TPSA) is 61.6 Å². The van der Waals surface area contributed by atoms with Gasteiger partial charge in [-0.15, -0.1) is 0 Å². The Labute approximate surface area is 160 Å².